The highest BCUT2D eigenvalue weighted by atomic mass is 16.3. The topological polar surface area (TPSA) is 52.6 Å². The van der Waals surface area contributed by atoms with E-state index in [-0.39, 0.29) is 11.7 Å². The van der Waals surface area contributed by atoms with Crippen LogP contribution >= 0.6 is 0 Å². The molecule has 1 amide bonds. The maximum absolute atomic E-state index is 12.0. The van der Waals surface area contributed by atoms with Gasteiger partial charge in [0.15, 0.2) is 0 Å². The van der Waals surface area contributed by atoms with Gasteiger partial charge in [-0.05, 0) is 36.6 Å². The average molecular weight is 248 g/mol. The number of rotatable bonds is 3. The Balaban J connectivity index is 1.88. The summed E-state index contributed by atoms with van der Waals surface area (Å²) in [4.78, 5) is 13.9. The third-order valence-electron chi connectivity index (χ3n) is 3.40. The maximum atomic E-state index is 12.0. The van der Waals surface area contributed by atoms with E-state index in [1.807, 2.05) is 17.9 Å². The van der Waals surface area contributed by atoms with Gasteiger partial charge in [0, 0.05) is 32.6 Å². The lowest BCUT2D eigenvalue weighted by Gasteiger charge is -2.27. The first kappa shape index (κ1) is 12.9. The maximum Gasteiger partial charge on any atom is 0.222 e. The molecule has 2 N–H and O–H groups in total. The van der Waals surface area contributed by atoms with Gasteiger partial charge in [0.2, 0.25) is 5.91 Å². The number of nitrogens with one attached hydrogen (secondary N) is 1. The number of aromatic hydroxyl groups is 1. The van der Waals surface area contributed by atoms with Gasteiger partial charge in [0.25, 0.3) is 0 Å². The molecule has 0 bridgehead atoms. The third-order valence-corrected chi connectivity index (χ3v) is 3.40. The van der Waals surface area contributed by atoms with E-state index in [9.17, 15) is 9.90 Å². The normalized spacial score (nSPS) is 15.7. The summed E-state index contributed by atoms with van der Waals surface area (Å²) in [5.74, 6) is 0.508. The Bertz CT molecular complexity index is 426. The minimum Gasteiger partial charge on any atom is -0.508 e. The first-order valence-corrected chi connectivity index (χ1v) is 6.44. The molecule has 18 heavy (non-hydrogen) atoms. The number of phenolic OH excluding ortho intramolecular Hbond substituents is 1. The van der Waals surface area contributed by atoms with Crippen molar-refractivity contribution < 1.29 is 9.90 Å². The molecule has 1 fully saturated rings. The predicted octanol–water partition coefficient (Wildman–Crippen LogP) is 1.07. The predicted molar refractivity (Wildman–Crippen MR) is 70.6 cm³/mol. The zero-order chi connectivity index (χ0) is 13.0. The van der Waals surface area contributed by atoms with Crippen LogP contribution in [0.3, 0.4) is 0 Å². The lowest BCUT2D eigenvalue weighted by molar-refractivity contribution is -0.131. The van der Waals surface area contributed by atoms with Gasteiger partial charge in [-0.15, -0.1) is 0 Å². The molecule has 2 rings (SSSR count). The van der Waals surface area contributed by atoms with Gasteiger partial charge in [-0.25, -0.2) is 0 Å². The lowest BCUT2D eigenvalue weighted by Crippen LogP contribution is -2.46. The summed E-state index contributed by atoms with van der Waals surface area (Å²) >= 11 is 0. The van der Waals surface area contributed by atoms with Crippen LogP contribution in [0.15, 0.2) is 18.2 Å². The first-order chi connectivity index (χ1) is 8.66. The molecule has 0 saturated carbocycles. The van der Waals surface area contributed by atoms with Crippen LogP contribution in [0.1, 0.15) is 17.5 Å². The first-order valence-electron chi connectivity index (χ1n) is 6.44. The fourth-order valence-corrected chi connectivity index (χ4v) is 2.27. The SMILES string of the molecule is Cc1cc(O)ccc1CCC(=O)N1CCNCC1. The second kappa shape index (κ2) is 5.87. The van der Waals surface area contributed by atoms with Crippen LogP contribution in [0.25, 0.3) is 0 Å². The standard InChI is InChI=1S/C14H20N2O2/c1-11-10-13(17)4-2-12(11)3-5-14(18)16-8-6-15-7-9-16/h2,4,10,15,17H,3,5-9H2,1H3. The highest BCUT2D eigenvalue weighted by molar-refractivity contribution is 5.76. The fourth-order valence-electron chi connectivity index (χ4n) is 2.27. The van der Waals surface area contributed by atoms with Crippen molar-refractivity contribution in [1.29, 1.82) is 0 Å². The van der Waals surface area contributed by atoms with E-state index in [0.717, 1.165) is 43.7 Å². The number of piperazine rings is 1. The van der Waals surface area contributed by atoms with Crippen LogP contribution < -0.4 is 5.32 Å². The molecular formula is C14H20N2O2. The summed E-state index contributed by atoms with van der Waals surface area (Å²) < 4.78 is 0. The third kappa shape index (κ3) is 3.23. The highest BCUT2D eigenvalue weighted by Gasteiger charge is 2.15. The number of nitrogens with zero attached hydrogens (tertiary/aromatic N) is 1. The van der Waals surface area contributed by atoms with E-state index in [0.29, 0.717) is 6.42 Å². The molecule has 4 heteroatoms. The molecule has 98 valence electrons. The van der Waals surface area contributed by atoms with Crippen molar-refractivity contribution in [3.63, 3.8) is 0 Å². The smallest absolute Gasteiger partial charge is 0.222 e. The molecule has 0 spiro atoms. The van der Waals surface area contributed by atoms with Crippen LogP contribution in [0, 0.1) is 6.92 Å². The number of aryl methyl sites for hydroxylation is 2. The molecule has 1 aliphatic rings. The number of hydrogen-bond donors (Lipinski definition) is 2. The molecule has 1 aromatic carbocycles. The summed E-state index contributed by atoms with van der Waals surface area (Å²) in [6, 6.07) is 5.32. The van der Waals surface area contributed by atoms with Crippen molar-refractivity contribution in [2.75, 3.05) is 26.2 Å². The molecular weight excluding hydrogens is 228 g/mol. The van der Waals surface area contributed by atoms with Crippen molar-refractivity contribution in [2.45, 2.75) is 19.8 Å². The van der Waals surface area contributed by atoms with Crippen molar-refractivity contribution >= 4 is 5.91 Å². The summed E-state index contributed by atoms with van der Waals surface area (Å²) in [5.41, 5.74) is 2.18. The van der Waals surface area contributed by atoms with E-state index >= 15 is 0 Å². The molecule has 0 unspecified atom stereocenters. The van der Waals surface area contributed by atoms with Crippen LogP contribution in [-0.4, -0.2) is 42.1 Å². The highest BCUT2D eigenvalue weighted by Crippen LogP contribution is 2.17. The van der Waals surface area contributed by atoms with Crippen LogP contribution in [0.4, 0.5) is 0 Å². The second-order valence-electron chi connectivity index (χ2n) is 4.74. The van der Waals surface area contributed by atoms with Crippen molar-refractivity contribution in [2.24, 2.45) is 0 Å². The largest absolute Gasteiger partial charge is 0.508 e. The minimum atomic E-state index is 0.226. The number of benzene rings is 1. The Morgan fingerprint density at radius 1 is 1.39 bits per heavy atom. The van der Waals surface area contributed by atoms with Crippen LogP contribution in [0.5, 0.6) is 5.75 Å². The van der Waals surface area contributed by atoms with Gasteiger partial charge >= 0.3 is 0 Å². The zero-order valence-corrected chi connectivity index (χ0v) is 10.8. The van der Waals surface area contributed by atoms with Crippen molar-refractivity contribution in [3.05, 3.63) is 29.3 Å². The van der Waals surface area contributed by atoms with Gasteiger partial charge < -0.3 is 15.3 Å². The molecule has 1 heterocycles. The average Bonchev–Trinajstić information content (AvgIpc) is 2.38. The summed E-state index contributed by atoms with van der Waals surface area (Å²) in [6.45, 7) is 5.37. The molecule has 1 saturated heterocycles. The fraction of sp³-hybridized carbons (Fsp3) is 0.500. The van der Waals surface area contributed by atoms with Crippen LogP contribution in [-0.2, 0) is 11.2 Å². The number of amides is 1. The van der Waals surface area contributed by atoms with E-state index in [2.05, 4.69) is 5.32 Å². The molecule has 1 aromatic rings. The summed E-state index contributed by atoms with van der Waals surface area (Å²) in [5, 5.41) is 12.6. The quantitative estimate of drug-likeness (QED) is 0.841. The molecule has 0 radical (unpaired) electrons. The van der Waals surface area contributed by atoms with Gasteiger partial charge in [-0.1, -0.05) is 6.07 Å². The Morgan fingerprint density at radius 3 is 2.78 bits per heavy atom. The lowest BCUT2D eigenvalue weighted by atomic mass is 10.0. The monoisotopic (exact) mass is 248 g/mol. The van der Waals surface area contributed by atoms with Gasteiger partial charge in [-0.3, -0.25) is 4.79 Å². The van der Waals surface area contributed by atoms with E-state index in [1.54, 1.807) is 12.1 Å². The number of phenols is 1. The molecule has 0 aromatic heterocycles. The van der Waals surface area contributed by atoms with Crippen molar-refractivity contribution in [1.82, 2.24) is 10.2 Å². The molecule has 4 nitrogen and oxygen atoms in total. The van der Waals surface area contributed by atoms with E-state index in [4.69, 9.17) is 0 Å². The Hall–Kier alpha value is -1.55. The van der Waals surface area contributed by atoms with Crippen molar-refractivity contribution in [3.8, 4) is 5.75 Å². The Kier molecular flexibility index (Phi) is 4.20. The Labute approximate surface area is 108 Å². The van der Waals surface area contributed by atoms with E-state index in [1.165, 1.54) is 0 Å². The van der Waals surface area contributed by atoms with Gasteiger partial charge in [0.1, 0.15) is 5.75 Å². The Morgan fingerprint density at radius 2 is 2.11 bits per heavy atom. The summed E-state index contributed by atoms with van der Waals surface area (Å²) in [7, 11) is 0. The molecule has 0 atom stereocenters. The number of hydrogen-bond acceptors (Lipinski definition) is 3. The van der Waals surface area contributed by atoms with Crippen LogP contribution in [0.2, 0.25) is 0 Å². The van der Waals surface area contributed by atoms with E-state index < -0.39 is 0 Å². The molecule has 1 aliphatic heterocycles. The minimum absolute atomic E-state index is 0.226. The number of carbonyl (C=O) groups excluding carboxylic acids is 1. The second-order valence-corrected chi connectivity index (χ2v) is 4.74. The van der Waals surface area contributed by atoms with Gasteiger partial charge in [0.05, 0.1) is 0 Å². The summed E-state index contributed by atoms with van der Waals surface area (Å²) in [6.07, 6.45) is 1.29. The molecule has 0 aliphatic carbocycles. The zero-order valence-electron chi connectivity index (χ0n) is 10.8. The number of carbonyl (C=O) groups is 1. The van der Waals surface area contributed by atoms with Gasteiger partial charge in [-0.2, -0.15) is 0 Å².